The molecule has 5 aliphatic rings. The Hall–Kier alpha value is -3.15. The van der Waals surface area contributed by atoms with Crippen LogP contribution in [0.3, 0.4) is 0 Å². The summed E-state index contributed by atoms with van der Waals surface area (Å²) in [5, 5.41) is 19.0. The zero-order valence-corrected chi connectivity index (χ0v) is 28.8. The molecule has 4 saturated heterocycles. The summed E-state index contributed by atoms with van der Waals surface area (Å²) >= 11 is 0. The molecule has 4 aliphatic heterocycles. The minimum Gasteiger partial charge on any atom is -0.507 e. The van der Waals surface area contributed by atoms with E-state index in [0.29, 0.717) is 40.6 Å². The van der Waals surface area contributed by atoms with Crippen LogP contribution in [-0.2, 0) is 9.47 Å². The van der Waals surface area contributed by atoms with Crippen LogP contribution in [0.15, 0.2) is 30.3 Å². The number of nitrogens with zero attached hydrogens (tertiary/aromatic N) is 6. The lowest BCUT2D eigenvalue weighted by Gasteiger charge is -2.58. The van der Waals surface area contributed by atoms with E-state index < -0.39 is 5.60 Å². The van der Waals surface area contributed by atoms with Crippen LogP contribution < -0.4 is 10.6 Å². The third kappa shape index (κ3) is 6.26. The number of nitrogen functional groups attached to an aromatic ring is 1. The second-order valence-electron chi connectivity index (χ2n) is 16.3. The molecule has 1 saturated carbocycles. The first-order valence-electron chi connectivity index (χ1n) is 17.6. The number of hydrogen-bond acceptors (Lipinski definition) is 10. The number of hydrogen-bond donors (Lipinski definition) is 2. The van der Waals surface area contributed by atoms with Gasteiger partial charge in [-0.05, 0) is 96.8 Å². The fraction of sp³-hybridized carbons (Fsp3) is 0.694. The normalized spacial score (nSPS) is 27.2. The number of anilines is 2. The summed E-state index contributed by atoms with van der Waals surface area (Å²) in [6.07, 6.45) is 6.84. The Kier molecular flexibility index (Phi) is 8.32. The first-order valence-corrected chi connectivity index (χ1v) is 17.6. The fourth-order valence-electron chi connectivity index (χ4n) is 9.20. The van der Waals surface area contributed by atoms with Crippen LogP contribution in [0.2, 0.25) is 0 Å². The Morgan fingerprint density at radius 3 is 2.32 bits per heavy atom. The Morgan fingerprint density at radius 1 is 0.979 bits per heavy atom. The standard InChI is InChI=1S/C36H53N7O4/c1-34(2,3)47-33(45)40-14-12-36(13-15-40)19-26(20-36)41-16-17-46-31(23-41)35(4,5)43-24-10-11-25(43)22-42(21-24)29-18-28(38-39-32(29)37)27-8-6-7-9-30(27)44/h6-9,18,24-26,31,44H,10-17,19-23H2,1-5H3,(H2,37,39). The van der Waals surface area contributed by atoms with Crippen molar-refractivity contribution in [3.63, 3.8) is 0 Å². The van der Waals surface area contributed by atoms with Gasteiger partial charge in [-0.3, -0.25) is 9.80 Å². The van der Waals surface area contributed by atoms with Crippen LogP contribution in [0.4, 0.5) is 16.3 Å². The van der Waals surface area contributed by atoms with E-state index in [1.54, 1.807) is 12.1 Å². The van der Waals surface area contributed by atoms with Gasteiger partial charge in [-0.2, -0.15) is 0 Å². The maximum Gasteiger partial charge on any atom is 0.410 e. The number of amides is 1. The largest absolute Gasteiger partial charge is 0.507 e. The van der Waals surface area contributed by atoms with Crippen molar-refractivity contribution >= 4 is 17.6 Å². The number of carbonyl (C=O) groups excluding carboxylic acids is 1. The zero-order chi connectivity index (χ0) is 33.1. The average molecular weight is 648 g/mol. The summed E-state index contributed by atoms with van der Waals surface area (Å²) in [7, 11) is 0. The van der Waals surface area contributed by atoms with Crippen molar-refractivity contribution in [1.29, 1.82) is 0 Å². The van der Waals surface area contributed by atoms with Gasteiger partial charge in [0.2, 0.25) is 0 Å². The highest BCUT2D eigenvalue weighted by Crippen LogP contribution is 2.52. The lowest BCUT2D eigenvalue weighted by molar-refractivity contribution is -0.144. The molecule has 3 unspecified atom stereocenters. The monoisotopic (exact) mass is 647 g/mol. The van der Waals surface area contributed by atoms with Crippen molar-refractivity contribution in [3.05, 3.63) is 30.3 Å². The molecule has 11 nitrogen and oxygen atoms in total. The van der Waals surface area contributed by atoms with E-state index in [9.17, 15) is 9.90 Å². The lowest BCUT2D eigenvalue weighted by Crippen LogP contribution is -2.68. The van der Waals surface area contributed by atoms with Gasteiger partial charge >= 0.3 is 6.09 Å². The number of aromatic hydroxyl groups is 1. The predicted octanol–water partition coefficient (Wildman–Crippen LogP) is 4.74. The van der Waals surface area contributed by atoms with E-state index in [4.69, 9.17) is 15.2 Å². The third-order valence-electron chi connectivity index (χ3n) is 11.7. The first-order chi connectivity index (χ1) is 22.3. The van der Waals surface area contributed by atoms with Crippen molar-refractivity contribution in [1.82, 2.24) is 24.9 Å². The minimum atomic E-state index is -0.454. The van der Waals surface area contributed by atoms with Crippen molar-refractivity contribution in [2.75, 3.05) is 56.5 Å². The topological polar surface area (TPSA) is 121 Å². The average Bonchev–Trinajstić information content (AvgIpc) is 3.30. The number of aromatic nitrogens is 2. The van der Waals surface area contributed by atoms with Gasteiger partial charge in [0.1, 0.15) is 11.4 Å². The molecule has 3 atom stereocenters. The number of benzene rings is 1. The van der Waals surface area contributed by atoms with Crippen LogP contribution in [0.1, 0.15) is 73.1 Å². The van der Waals surface area contributed by atoms with E-state index in [-0.39, 0.29) is 23.5 Å². The molecule has 3 N–H and O–H groups in total. The van der Waals surface area contributed by atoms with Gasteiger partial charge < -0.3 is 30.1 Å². The molecule has 5 heterocycles. The molecule has 1 aromatic carbocycles. The number of rotatable bonds is 5. The van der Waals surface area contributed by atoms with Crippen LogP contribution in [-0.4, -0.2) is 117 Å². The second kappa shape index (κ2) is 12.1. The van der Waals surface area contributed by atoms with Gasteiger partial charge in [-0.1, -0.05) is 12.1 Å². The lowest BCUT2D eigenvalue weighted by atomic mass is 9.60. The number of piperazine rings is 1. The first kappa shape index (κ1) is 32.4. The molecule has 0 radical (unpaired) electrons. The van der Waals surface area contributed by atoms with Gasteiger partial charge in [0.15, 0.2) is 5.82 Å². The number of phenolic OH excluding ortho intramolecular Hbond substituents is 1. The number of phenols is 1. The molecule has 1 amide bonds. The maximum atomic E-state index is 12.6. The van der Waals surface area contributed by atoms with Crippen LogP contribution in [0.5, 0.6) is 5.75 Å². The molecule has 7 rings (SSSR count). The quantitative estimate of drug-likeness (QED) is 0.471. The van der Waals surface area contributed by atoms with E-state index in [1.165, 1.54) is 12.8 Å². The molecule has 1 spiro atoms. The number of para-hydroxylation sites is 1. The van der Waals surface area contributed by atoms with Gasteiger partial charge in [0.25, 0.3) is 0 Å². The SMILES string of the molecule is CC(C)(C)OC(=O)N1CCC2(CC1)CC(N1CCOC(C(C)(C)N3C4CCC3CN(c3cc(-c5ccccc5O)nnc3N)C4)C1)C2. The number of nitrogens with two attached hydrogens (primary N) is 1. The van der Waals surface area contributed by atoms with Crippen molar-refractivity contribution in [2.24, 2.45) is 5.41 Å². The van der Waals surface area contributed by atoms with E-state index in [2.05, 4.69) is 38.7 Å². The van der Waals surface area contributed by atoms with Gasteiger partial charge in [0.05, 0.1) is 24.1 Å². The smallest absolute Gasteiger partial charge is 0.410 e. The number of fused-ring (bicyclic) bond motifs is 2. The molecule has 2 bridgehead atoms. The summed E-state index contributed by atoms with van der Waals surface area (Å²) in [6, 6.07) is 10.6. The number of likely N-dealkylation sites (tertiary alicyclic amines) is 1. The molecule has 11 heteroatoms. The Labute approximate surface area is 279 Å². The van der Waals surface area contributed by atoms with Crippen molar-refractivity contribution in [3.8, 4) is 17.0 Å². The summed E-state index contributed by atoms with van der Waals surface area (Å²) in [5.41, 5.74) is 8.38. The van der Waals surface area contributed by atoms with Crippen molar-refractivity contribution in [2.45, 2.75) is 109 Å². The van der Waals surface area contributed by atoms with Crippen LogP contribution in [0, 0.1) is 5.41 Å². The van der Waals surface area contributed by atoms with E-state index in [0.717, 1.165) is 77.2 Å². The number of piperidine rings is 1. The molecule has 2 aromatic rings. The second-order valence-corrected chi connectivity index (χ2v) is 16.3. The molecule has 1 aromatic heterocycles. The highest BCUT2D eigenvalue weighted by molar-refractivity contribution is 5.74. The summed E-state index contributed by atoms with van der Waals surface area (Å²) in [4.78, 5) is 22.3. The molecule has 256 valence electrons. The summed E-state index contributed by atoms with van der Waals surface area (Å²) in [5.74, 6) is 0.614. The Morgan fingerprint density at radius 2 is 1.66 bits per heavy atom. The molecule has 1 aliphatic carbocycles. The van der Waals surface area contributed by atoms with Crippen molar-refractivity contribution < 1.29 is 19.4 Å². The Bertz CT molecular complexity index is 1450. The zero-order valence-electron chi connectivity index (χ0n) is 28.8. The molecule has 5 fully saturated rings. The number of morpholine rings is 1. The van der Waals surface area contributed by atoms with Gasteiger partial charge in [-0.25, -0.2) is 4.79 Å². The number of carbonyl (C=O) groups is 1. The maximum absolute atomic E-state index is 12.6. The molecular formula is C36H53N7O4. The highest BCUT2D eigenvalue weighted by Gasteiger charge is 2.53. The third-order valence-corrected chi connectivity index (χ3v) is 11.7. The van der Waals surface area contributed by atoms with E-state index in [1.807, 2.05) is 43.9 Å². The molecule has 47 heavy (non-hydrogen) atoms. The Balaban J connectivity index is 0.969. The summed E-state index contributed by atoms with van der Waals surface area (Å²) < 4.78 is 12.2. The van der Waals surface area contributed by atoms with Gasteiger partial charge in [-0.15, -0.1) is 10.2 Å². The molecular weight excluding hydrogens is 594 g/mol. The van der Waals surface area contributed by atoms with Crippen LogP contribution in [0.25, 0.3) is 11.3 Å². The highest BCUT2D eigenvalue weighted by atomic mass is 16.6. The fourth-order valence-corrected chi connectivity index (χ4v) is 9.20. The summed E-state index contributed by atoms with van der Waals surface area (Å²) in [6.45, 7) is 16.6. The predicted molar refractivity (Wildman–Crippen MR) is 182 cm³/mol. The van der Waals surface area contributed by atoms with Gasteiger partial charge in [0, 0.05) is 68.5 Å². The minimum absolute atomic E-state index is 0.111. The van der Waals surface area contributed by atoms with E-state index >= 15 is 0 Å². The van der Waals surface area contributed by atoms with Crippen LogP contribution >= 0.6 is 0 Å². The number of ether oxygens (including phenoxy) is 2.